The van der Waals surface area contributed by atoms with Gasteiger partial charge in [-0.25, -0.2) is 0 Å². The van der Waals surface area contributed by atoms with Crippen molar-refractivity contribution in [1.82, 2.24) is 0 Å². The Kier molecular flexibility index (Phi) is 3.36. The molecule has 3 nitrogen and oxygen atoms in total. The largest absolute Gasteiger partial charge is 0.507 e. The molecule has 1 rings (SSSR count). The molecule has 0 heterocycles. The summed E-state index contributed by atoms with van der Waals surface area (Å²) in [4.78, 5) is 0. The molecule has 0 aliphatic heterocycles. The first-order valence-electron chi connectivity index (χ1n) is 5.56. The summed E-state index contributed by atoms with van der Waals surface area (Å²) in [6.45, 7) is 9.31. The molecule has 0 fully saturated rings. The van der Waals surface area contributed by atoms with E-state index in [9.17, 15) is 15.3 Å². The zero-order valence-corrected chi connectivity index (χ0v) is 10.5. The van der Waals surface area contributed by atoms with Crippen LogP contribution in [0.2, 0.25) is 0 Å². The second-order valence-corrected chi connectivity index (χ2v) is 4.81. The maximum absolute atomic E-state index is 10.0. The van der Waals surface area contributed by atoms with Gasteiger partial charge in [-0.15, -0.1) is 0 Å². The van der Waals surface area contributed by atoms with E-state index in [1.807, 2.05) is 27.7 Å². The number of hydrogen-bond donors (Lipinski definition) is 3. The Morgan fingerprint density at radius 1 is 0.688 bits per heavy atom. The molecule has 0 saturated heterocycles. The highest BCUT2D eigenvalue weighted by molar-refractivity contribution is 5.62. The first-order chi connectivity index (χ1) is 7.29. The Balaban J connectivity index is 3.63. The molecule has 0 bridgehead atoms. The summed E-state index contributed by atoms with van der Waals surface area (Å²) in [5.41, 5.74) is 1.67. The van der Waals surface area contributed by atoms with Crippen LogP contribution in [0, 0.1) is 6.92 Å². The van der Waals surface area contributed by atoms with Gasteiger partial charge in [0.2, 0.25) is 0 Å². The molecular formula is C13H20O3. The van der Waals surface area contributed by atoms with E-state index in [0.29, 0.717) is 16.7 Å². The van der Waals surface area contributed by atoms with Crippen LogP contribution >= 0.6 is 0 Å². The zero-order valence-electron chi connectivity index (χ0n) is 10.5. The molecule has 3 heteroatoms. The molecule has 1 aromatic carbocycles. The van der Waals surface area contributed by atoms with Crippen molar-refractivity contribution in [2.24, 2.45) is 0 Å². The lowest BCUT2D eigenvalue weighted by Gasteiger charge is -2.20. The molecule has 0 atom stereocenters. The number of rotatable bonds is 2. The highest BCUT2D eigenvalue weighted by Gasteiger charge is 2.23. The second kappa shape index (κ2) is 4.24. The molecule has 3 N–H and O–H groups in total. The second-order valence-electron chi connectivity index (χ2n) is 4.81. The van der Waals surface area contributed by atoms with E-state index in [0.717, 1.165) is 0 Å². The summed E-state index contributed by atoms with van der Waals surface area (Å²) in [6.07, 6.45) is 0. The van der Waals surface area contributed by atoms with Crippen LogP contribution in [0.25, 0.3) is 0 Å². The molecule has 0 aliphatic carbocycles. The van der Waals surface area contributed by atoms with Crippen LogP contribution in [0.15, 0.2) is 0 Å². The van der Waals surface area contributed by atoms with Crippen molar-refractivity contribution in [2.75, 3.05) is 0 Å². The summed E-state index contributed by atoms with van der Waals surface area (Å²) < 4.78 is 0. The fourth-order valence-electron chi connectivity index (χ4n) is 2.13. The third kappa shape index (κ3) is 1.82. The highest BCUT2D eigenvalue weighted by Crippen LogP contribution is 2.47. The van der Waals surface area contributed by atoms with E-state index < -0.39 is 0 Å². The molecular weight excluding hydrogens is 204 g/mol. The van der Waals surface area contributed by atoms with Gasteiger partial charge < -0.3 is 15.3 Å². The normalized spacial score (nSPS) is 11.4. The molecule has 16 heavy (non-hydrogen) atoms. The molecule has 0 saturated carbocycles. The van der Waals surface area contributed by atoms with Crippen molar-refractivity contribution < 1.29 is 15.3 Å². The van der Waals surface area contributed by atoms with Crippen LogP contribution in [0.5, 0.6) is 17.2 Å². The third-order valence-electron chi connectivity index (χ3n) is 2.90. The summed E-state index contributed by atoms with van der Waals surface area (Å²) in [6, 6.07) is 0. The first-order valence-corrected chi connectivity index (χ1v) is 5.56. The molecule has 0 aliphatic rings. The zero-order chi connectivity index (χ0) is 12.6. The molecule has 90 valence electrons. The van der Waals surface area contributed by atoms with Crippen molar-refractivity contribution >= 4 is 0 Å². The number of phenolic OH excluding ortho intramolecular Hbond substituents is 3. The number of phenols is 3. The van der Waals surface area contributed by atoms with Crippen LogP contribution in [-0.2, 0) is 0 Å². The van der Waals surface area contributed by atoms with Gasteiger partial charge in [-0.2, -0.15) is 0 Å². The Hall–Kier alpha value is -1.38. The third-order valence-corrected chi connectivity index (χ3v) is 2.90. The van der Waals surface area contributed by atoms with Crippen LogP contribution in [0.4, 0.5) is 0 Å². The molecule has 0 radical (unpaired) electrons. The van der Waals surface area contributed by atoms with Crippen molar-refractivity contribution in [3.8, 4) is 17.2 Å². The minimum Gasteiger partial charge on any atom is -0.507 e. The minimum atomic E-state index is -0.193. The molecule has 0 aromatic heterocycles. The quantitative estimate of drug-likeness (QED) is 0.533. The Morgan fingerprint density at radius 3 is 1.44 bits per heavy atom. The SMILES string of the molecule is Cc1c(O)c(C(C)C)c(O)c(O)c1C(C)C. The van der Waals surface area contributed by atoms with Gasteiger partial charge in [-0.1, -0.05) is 27.7 Å². The Morgan fingerprint density at radius 2 is 1.06 bits per heavy atom. The molecule has 0 unspecified atom stereocenters. The van der Waals surface area contributed by atoms with Gasteiger partial charge in [-0.05, 0) is 24.3 Å². The monoisotopic (exact) mass is 224 g/mol. The van der Waals surface area contributed by atoms with Gasteiger partial charge in [0.05, 0.1) is 0 Å². The van der Waals surface area contributed by atoms with E-state index in [1.54, 1.807) is 6.92 Å². The van der Waals surface area contributed by atoms with Crippen LogP contribution in [-0.4, -0.2) is 15.3 Å². The van der Waals surface area contributed by atoms with Gasteiger partial charge in [0.1, 0.15) is 5.75 Å². The summed E-state index contributed by atoms with van der Waals surface area (Å²) in [5.74, 6) is -0.186. The summed E-state index contributed by atoms with van der Waals surface area (Å²) in [7, 11) is 0. The van der Waals surface area contributed by atoms with E-state index in [1.165, 1.54) is 0 Å². The standard InChI is InChI=1S/C13H20O3/c1-6(2)9-8(5)11(14)10(7(3)4)13(16)12(9)15/h6-7,14-16H,1-5H3. The number of hydrogen-bond acceptors (Lipinski definition) is 3. The van der Waals surface area contributed by atoms with Crippen molar-refractivity contribution in [2.45, 2.75) is 46.5 Å². The van der Waals surface area contributed by atoms with Crippen molar-refractivity contribution in [3.05, 3.63) is 16.7 Å². The van der Waals surface area contributed by atoms with Gasteiger partial charge in [-0.3, -0.25) is 0 Å². The van der Waals surface area contributed by atoms with Crippen molar-refractivity contribution in [3.63, 3.8) is 0 Å². The van der Waals surface area contributed by atoms with E-state index in [2.05, 4.69) is 0 Å². The lowest BCUT2D eigenvalue weighted by molar-refractivity contribution is 0.378. The average Bonchev–Trinajstić information content (AvgIpc) is 2.14. The van der Waals surface area contributed by atoms with Gasteiger partial charge >= 0.3 is 0 Å². The Bertz CT molecular complexity index is 338. The average molecular weight is 224 g/mol. The van der Waals surface area contributed by atoms with Crippen LogP contribution in [0.1, 0.15) is 56.2 Å². The van der Waals surface area contributed by atoms with Gasteiger partial charge in [0, 0.05) is 11.1 Å². The first kappa shape index (κ1) is 12.7. The van der Waals surface area contributed by atoms with Gasteiger partial charge in [0.25, 0.3) is 0 Å². The topological polar surface area (TPSA) is 60.7 Å². The molecule has 0 amide bonds. The maximum Gasteiger partial charge on any atom is 0.165 e. The maximum atomic E-state index is 10.0. The number of aromatic hydroxyl groups is 3. The number of benzene rings is 1. The van der Waals surface area contributed by atoms with Gasteiger partial charge in [0.15, 0.2) is 11.5 Å². The lowest BCUT2D eigenvalue weighted by atomic mass is 9.89. The smallest absolute Gasteiger partial charge is 0.165 e. The predicted octanol–water partition coefficient (Wildman–Crippen LogP) is 3.36. The fourth-order valence-corrected chi connectivity index (χ4v) is 2.13. The van der Waals surface area contributed by atoms with E-state index in [4.69, 9.17) is 0 Å². The summed E-state index contributed by atoms with van der Waals surface area (Å²) >= 11 is 0. The van der Waals surface area contributed by atoms with Crippen LogP contribution < -0.4 is 0 Å². The Labute approximate surface area is 96.4 Å². The fraction of sp³-hybridized carbons (Fsp3) is 0.538. The van der Waals surface area contributed by atoms with E-state index in [-0.39, 0.29) is 29.1 Å². The lowest BCUT2D eigenvalue weighted by Crippen LogP contribution is -1.99. The molecule has 0 spiro atoms. The molecule has 1 aromatic rings. The van der Waals surface area contributed by atoms with Crippen molar-refractivity contribution in [1.29, 1.82) is 0 Å². The van der Waals surface area contributed by atoms with Crippen LogP contribution in [0.3, 0.4) is 0 Å². The van der Waals surface area contributed by atoms with E-state index >= 15 is 0 Å². The predicted molar refractivity (Wildman–Crippen MR) is 64.4 cm³/mol. The highest BCUT2D eigenvalue weighted by atomic mass is 16.3. The minimum absolute atomic E-state index is 0.0363. The summed E-state index contributed by atoms with van der Waals surface area (Å²) in [5, 5.41) is 29.9.